The number of rotatable bonds is 7. The molecule has 0 aromatic rings. The zero-order valence-electron chi connectivity index (χ0n) is 16.3. The minimum Gasteiger partial charge on any atom is -0.444 e. The van der Waals surface area contributed by atoms with Crippen LogP contribution in [0, 0.1) is 0 Å². The molecule has 0 spiro atoms. The summed E-state index contributed by atoms with van der Waals surface area (Å²) in [4.78, 5) is 20.1. The first-order valence-electron chi connectivity index (χ1n) is 8.50. The number of nitrogens with one attached hydrogen (secondary N) is 1. The Labute approximate surface area is 142 Å². The van der Waals surface area contributed by atoms with Crippen LogP contribution in [-0.2, 0) is 4.74 Å². The second-order valence-electron chi connectivity index (χ2n) is 6.98. The minimum atomic E-state index is -0.465. The SMILES string of the molecule is CCCCN(C)C(=NC)NCCC(C)N(C)C(=O)OC(C)(C)C. The molecule has 6 nitrogen and oxygen atoms in total. The van der Waals surface area contributed by atoms with E-state index in [1.165, 1.54) is 6.42 Å². The minimum absolute atomic E-state index is 0.0939. The van der Waals surface area contributed by atoms with Crippen LogP contribution in [-0.4, -0.2) is 67.7 Å². The Balaban J connectivity index is 4.27. The molecule has 0 saturated carbocycles. The lowest BCUT2D eigenvalue weighted by Gasteiger charge is -2.29. The second-order valence-corrected chi connectivity index (χ2v) is 6.98. The number of amides is 1. The first kappa shape index (κ1) is 21.5. The Morgan fingerprint density at radius 2 is 1.91 bits per heavy atom. The van der Waals surface area contributed by atoms with Crippen molar-refractivity contribution in [2.45, 2.75) is 65.5 Å². The van der Waals surface area contributed by atoms with E-state index < -0.39 is 5.60 Å². The van der Waals surface area contributed by atoms with Crippen LogP contribution in [0.2, 0.25) is 0 Å². The average Bonchev–Trinajstić information content (AvgIpc) is 2.46. The van der Waals surface area contributed by atoms with E-state index in [1.54, 1.807) is 19.0 Å². The highest BCUT2D eigenvalue weighted by Gasteiger charge is 2.22. The lowest BCUT2D eigenvalue weighted by molar-refractivity contribution is 0.0230. The van der Waals surface area contributed by atoms with Crippen molar-refractivity contribution in [2.24, 2.45) is 4.99 Å². The zero-order valence-corrected chi connectivity index (χ0v) is 16.3. The quantitative estimate of drug-likeness (QED) is 0.577. The monoisotopic (exact) mass is 328 g/mol. The third-order valence-corrected chi connectivity index (χ3v) is 3.61. The number of carbonyl (C=O) groups excluding carboxylic acids is 1. The molecule has 0 aromatic heterocycles. The molecule has 1 amide bonds. The van der Waals surface area contributed by atoms with Gasteiger partial charge < -0.3 is 19.9 Å². The van der Waals surface area contributed by atoms with Gasteiger partial charge in [-0.1, -0.05) is 13.3 Å². The maximum Gasteiger partial charge on any atom is 0.410 e. The zero-order chi connectivity index (χ0) is 18.0. The summed E-state index contributed by atoms with van der Waals surface area (Å²) in [6.45, 7) is 11.6. The molecule has 0 aromatic carbocycles. The van der Waals surface area contributed by atoms with Crippen molar-refractivity contribution in [3.8, 4) is 0 Å². The van der Waals surface area contributed by atoms with Gasteiger partial charge in [0.15, 0.2) is 5.96 Å². The van der Waals surface area contributed by atoms with Gasteiger partial charge >= 0.3 is 6.09 Å². The Hall–Kier alpha value is -1.46. The van der Waals surface area contributed by atoms with Crippen molar-refractivity contribution < 1.29 is 9.53 Å². The Kier molecular flexibility index (Phi) is 9.68. The maximum atomic E-state index is 12.0. The van der Waals surface area contributed by atoms with Gasteiger partial charge in [0, 0.05) is 40.3 Å². The molecule has 0 fully saturated rings. The molecule has 136 valence electrons. The molecule has 0 aliphatic carbocycles. The fraction of sp³-hybridized carbons (Fsp3) is 0.882. The van der Waals surface area contributed by atoms with Crippen LogP contribution in [0.15, 0.2) is 4.99 Å². The summed E-state index contributed by atoms with van der Waals surface area (Å²) < 4.78 is 5.39. The predicted octanol–water partition coefficient (Wildman–Crippen LogP) is 2.94. The molecule has 0 heterocycles. The second kappa shape index (κ2) is 10.3. The summed E-state index contributed by atoms with van der Waals surface area (Å²) in [6.07, 6.45) is 2.86. The van der Waals surface area contributed by atoms with Crippen LogP contribution in [0.1, 0.15) is 53.9 Å². The van der Waals surface area contributed by atoms with Crippen LogP contribution in [0.3, 0.4) is 0 Å². The molecule has 6 heteroatoms. The Morgan fingerprint density at radius 1 is 1.30 bits per heavy atom. The van der Waals surface area contributed by atoms with E-state index in [4.69, 9.17) is 4.74 Å². The fourth-order valence-electron chi connectivity index (χ4n) is 1.99. The standard InChI is InChI=1S/C17H36N4O2/c1-9-10-13-20(7)15(18-6)19-12-11-14(2)21(8)16(22)23-17(3,4)5/h14H,9-13H2,1-8H3,(H,18,19). The van der Waals surface area contributed by atoms with Gasteiger partial charge in [-0.3, -0.25) is 4.99 Å². The molecule has 0 aliphatic heterocycles. The van der Waals surface area contributed by atoms with Gasteiger partial charge in [0.1, 0.15) is 5.60 Å². The highest BCUT2D eigenvalue weighted by atomic mass is 16.6. The normalized spacial score (nSPS) is 13.5. The first-order valence-corrected chi connectivity index (χ1v) is 8.50. The number of unbranched alkanes of at least 4 members (excludes halogenated alkanes) is 1. The van der Waals surface area contributed by atoms with Crippen molar-refractivity contribution in [1.82, 2.24) is 15.1 Å². The molecular weight excluding hydrogens is 292 g/mol. The summed E-state index contributed by atoms with van der Waals surface area (Å²) in [5.41, 5.74) is -0.465. The van der Waals surface area contributed by atoms with E-state index in [0.29, 0.717) is 0 Å². The number of ether oxygens (including phenoxy) is 1. The highest BCUT2D eigenvalue weighted by Crippen LogP contribution is 2.11. The van der Waals surface area contributed by atoms with E-state index in [9.17, 15) is 4.79 Å². The van der Waals surface area contributed by atoms with E-state index >= 15 is 0 Å². The van der Waals surface area contributed by atoms with Gasteiger partial charge in [0.2, 0.25) is 0 Å². The van der Waals surface area contributed by atoms with Crippen molar-refractivity contribution in [1.29, 1.82) is 0 Å². The predicted molar refractivity (Wildman–Crippen MR) is 97.0 cm³/mol. The Bertz CT molecular complexity index is 377. The summed E-state index contributed by atoms with van der Waals surface area (Å²) >= 11 is 0. The van der Waals surface area contributed by atoms with Crippen LogP contribution in [0.5, 0.6) is 0 Å². The van der Waals surface area contributed by atoms with E-state index in [1.807, 2.05) is 34.7 Å². The molecule has 0 bridgehead atoms. The molecule has 0 saturated heterocycles. The van der Waals surface area contributed by atoms with Gasteiger partial charge in [-0.25, -0.2) is 4.79 Å². The molecule has 0 radical (unpaired) electrons. The molecule has 0 rings (SSSR count). The van der Waals surface area contributed by atoms with Gasteiger partial charge in [-0.15, -0.1) is 0 Å². The molecular formula is C17H36N4O2. The molecule has 1 unspecified atom stereocenters. The van der Waals surface area contributed by atoms with Crippen molar-refractivity contribution in [2.75, 3.05) is 34.2 Å². The van der Waals surface area contributed by atoms with Gasteiger partial charge in [0.05, 0.1) is 0 Å². The van der Waals surface area contributed by atoms with Crippen LogP contribution in [0.25, 0.3) is 0 Å². The average molecular weight is 329 g/mol. The number of nitrogens with zero attached hydrogens (tertiary/aromatic N) is 3. The smallest absolute Gasteiger partial charge is 0.410 e. The number of carbonyl (C=O) groups is 1. The number of guanidine groups is 1. The molecule has 1 atom stereocenters. The maximum absolute atomic E-state index is 12.0. The lowest BCUT2D eigenvalue weighted by Crippen LogP contribution is -2.43. The van der Waals surface area contributed by atoms with Crippen molar-refractivity contribution in [3.05, 3.63) is 0 Å². The summed E-state index contributed by atoms with van der Waals surface area (Å²) in [7, 11) is 5.61. The first-order chi connectivity index (χ1) is 10.6. The van der Waals surface area contributed by atoms with Crippen LogP contribution in [0.4, 0.5) is 4.79 Å². The number of aliphatic imine (C=N–C) groups is 1. The lowest BCUT2D eigenvalue weighted by atomic mass is 10.2. The molecule has 0 aliphatic rings. The largest absolute Gasteiger partial charge is 0.444 e. The number of hydrogen-bond donors (Lipinski definition) is 1. The van der Waals surface area contributed by atoms with Gasteiger partial charge in [-0.2, -0.15) is 0 Å². The van der Waals surface area contributed by atoms with E-state index in [-0.39, 0.29) is 12.1 Å². The van der Waals surface area contributed by atoms with E-state index in [2.05, 4.69) is 22.1 Å². The van der Waals surface area contributed by atoms with Crippen LogP contribution >= 0.6 is 0 Å². The molecule has 23 heavy (non-hydrogen) atoms. The third kappa shape index (κ3) is 9.31. The highest BCUT2D eigenvalue weighted by molar-refractivity contribution is 5.79. The number of hydrogen-bond acceptors (Lipinski definition) is 3. The van der Waals surface area contributed by atoms with Gasteiger partial charge in [-0.05, 0) is 40.5 Å². The molecule has 1 N–H and O–H groups in total. The topological polar surface area (TPSA) is 57.2 Å². The van der Waals surface area contributed by atoms with Crippen molar-refractivity contribution in [3.63, 3.8) is 0 Å². The third-order valence-electron chi connectivity index (χ3n) is 3.61. The van der Waals surface area contributed by atoms with Gasteiger partial charge in [0.25, 0.3) is 0 Å². The van der Waals surface area contributed by atoms with Crippen molar-refractivity contribution >= 4 is 12.1 Å². The fourth-order valence-corrected chi connectivity index (χ4v) is 1.99. The summed E-state index contributed by atoms with van der Waals surface area (Å²) in [5, 5.41) is 3.35. The van der Waals surface area contributed by atoms with E-state index in [0.717, 1.165) is 31.9 Å². The summed E-state index contributed by atoms with van der Waals surface area (Å²) in [6, 6.07) is 0.0939. The van der Waals surface area contributed by atoms with Crippen LogP contribution < -0.4 is 5.32 Å². The Morgan fingerprint density at radius 3 is 2.39 bits per heavy atom. The summed E-state index contributed by atoms with van der Waals surface area (Å²) in [5.74, 6) is 0.894.